The van der Waals surface area contributed by atoms with Gasteiger partial charge in [-0.2, -0.15) is 17.2 Å². The minimum Gasteiger partial charge on any atom is -0.516 e. The molecule has 16 heteroatoms. The van der Waals surface area contributed by atoms with Crippen molar-refractivity contribution in [2.45, 2.75) is 6.54 Å². The number of nitrogens with zero attached hydrogens (tertiary/aromatic N) is 5. The number of aliphatic hydroxyl groups is 1. The van der Waals surface area contributed by atoms with Crippen LogP contribution in [0.1, 0.15) is 11.1 Å². The number of aliphatic hydroxyl groups excluding tert-OH is 1. The van der Waals surface area contributed by atoms with Crippen LogP contribution in [0.3, 0.4) is 0 Å². The summed E-state index contributed by atoms with van der Waals surface area (Å²) < 4.78 is 1.83. The predicted molar refractivity (Wildman–Crippen MR) is 85.4 cm³/mol. The molecule has 0 aliphatic heterocycles. The number of hydrogen-bond acceptors (Lipinski definition) is 6. The predicted octanol–water partition coefficient (Wildman–Crippen LogP) is 2.29. The summed E-state index contributed by atoms with van der Waals surface area (Å²) in [5.41, 5.74) is 9.04. The van der Waals surface area contributed by atoms with Crippen molar-refractivity contribution in [1.29, 1.82) is 5.26 Å². The van der Waals surface area contributed by atoms with Gasteiger partial charge in [-0.15, -0.1) is 5.56 Å². The van der Waals surface area contributed by atoms with Gasteiger partial charge in [-0.25, -0.2) is 22.1 Å². The molecule has 1 aromatic carbocycles. The summed E-state index contributed by atoms with van der Waals surface area (Å²) in [5, 5.41) is 19.6. The fourth-order valence-electron chi connectivity index (χ4n) is 2.16. The summed E-state index contributed by atoms with van der Waals surface area (Å²) in [7, 11) is 0. The molecule has 143 valence electrons. The van der Waals surface area contributed by atoms with Gasteiger partial charge in [-0.1, -0.05) is 0 Å². The Hall–Kier alpha value is 6.41. The largest absolute Gasteiger partial charge is 0.516 e. The zero-order valence-corrected chi connectivity index (χ0v) is 42.9. The maximum absolute atomic E-state index is 8.98. The maximum Gasteiger partial charge on any atom is 0.134 e. The minimum atomic E-state index is 0. The van der Waals surface area contributed by atoms with Gasteiger partial charge in [-0.05, 0) is 6.08 Å². The van der Waals surface area contributed by atoms with E-state index in [4.69, 9.17) is 22.7 Å². The molecular weight excluding hydrogens is 1090 g/mol. The van der Waals surface area contributed by atoms with Gasteiger partial charge >= 0.3 is 0 Å². The molecule has 32 heavy (non-hydrogen) atoms. The van der Waals surface area contributed by atoms with E-state index in [1.807, 2.05) is 35.1 Å². The van der Waals surface area contributed by atoms with Crippen LogP contribution in [-0.2, 0) is 301 Å². The van der Waals surface area contributed by atoms with Crippen molar-refractivity contribution in [3.63, 3.8) is 0 Å². The normalized spacial score (nSPS) is 7.44. The number of nitrogens with two attached hydrogens (primary N) is 1. The van der Waals surface area contributed by atoms with Crippen LogP contribution in [-0.4, -0.2) is 24.9 Å². The molecule has 0 atom stereocenters. The zero-order chi connectivity index (χ0) is 16.7. The summed E-state index contributed by atoms with van der Waals surface area (Å²) in [6.45, 7) is 5.44. The Kier molecular flexibility index (Phi) is 64.4. The van der Waals surface area contributed by atoms with Gasteiger partial charge in [0.1, 0.15) is 12.1 Å². The van der Waals surface area contributed by atoms with Crippen molar-refractivity contribution in [3.05, 3.63) is 66.9 Å². The first-order chi connectivity index (χ1) is 11.3. The second kappa shape index (κ2) is 35.4. The van der Waals surface area contributed by atoms with E-state index in [1.54, 1.807) is 6.20 Å². The first kappa shape index (κ1) is 58.1. The average molecular weight is 1110 g/mol. The Bertz CT molecular complexity index is 829. The average Bonchev–Trinajstić information content (AvgIpc) is 3.24. The Morgan fingerprint density at radius 2 is 1.62 bits per heavy atom. The fraction of sp³-hybridized carbons (Fsp3) is 0.0625. The summed E-state index contributed by atoms with van der Waals surface area (Å²) in [6.07, 6.45) is 7.41. The molecule has 7 nitrogen and oxygen atoms in total. The van der Waals surface area contributed by atoms with Crippen LogP contribution in [0, 0.1) is 11.8 Å². The Morgan fingerprint density at radius 1 is 1.03 bits per heavy atom. The van der Waals surface area contributed by atoms with Crippen LogP contribution >= 0.6 is 0 Å². The number of aromatic nitrogens is 4. The van der Waals surface area contributed by atoms with E-state index in [2.05, 4.69) is 15.1 Å². The molecule has 2 heterocycles. The Morgan fingerprint density at radius 3 is 2.12 bits per heavy atom. The Labute approximate surface area is 415 Å². The van der Waals surface area contributed by atoms with Crippen molar-refractivity contribution in [1.82, 2.24) is 19.7 Å². The molecule has 9 radical (unpaired) electrons. The van der Waals surface area contributed by atoms with Crippen LogP contribution in [0.25, 0.3) is 17.3 Å². The first-order valence-electron chi connectivity index (χ1n) is 6.65. The van der Waals surface area contributed by atoms with Crippen molar-refractivity contribution in [2.75, 3.05) is 5.73 Å². The van der Waals surface area contributed by atoms with Crippen molar-refractivity contribution in [3.8, 4) is 11.3 Å². The second-order valence-corrected chi connectivity index (χ2v) is 4.56. The molecule has 3 rings (SSSR count). The van der Waals surface area contributed by atoms with Gasteiger partial charge in [0, 0.05) is 318 Å². The Balaban J connectivity index is -0.0000000850. The third-order valence-electron chi connectivity index (χ3n) is 3.14. The van der Waals surface area contributed by atoms with Gasteiger partial charge < -0.3 is 22.7 Å². The first-order valence-corrected chi connectivity index (χ1v) is 6.65. The molecular formula is C16H14N6OY9-2. The van der Waals surface area contributed by atoms with Crippen molar-refractivity contribution < 1.29 is 299 Å². The molecule has 0 aliphatic carbocycles. The zero-order valence-electron chi connectivity index (χ0n) is 17.4. The second-order valence-electron chi connectivity index (χ2n) is 4.56. The monoisotopic (exact) mass is 1110 g/mol. The van der Waals surface area contributed by atoms with Gasteiger partial charge in [0.15, 0.2) is 0 Å². The van der Waals surface area contributed by atoms with E-state index in [0.717, 1.165) is 11.8 Å². The van der Waals surface area contributed by atoms with Crippen molar-refractivity contribution >= 4 is 11.9 Å². The number of hydrogen-bond donors (Lipinski definition) is 2. The van der Waals surface area contributed by atoms with E-state index >= 15 is 0 Å². The van der Waals surface area contributed by atoms with Gasteiger partial charge in [0.05, 0.1) is 18.2 Å². The van der Waals surface area contributed by atoms with Crippen LogP contribution in [0.5, 0.6) is 0 Å². The SMILES string of the molecule is Nc1ncnc(-c2cnn(Cc3ccc[cH-]3)c2)c1/C=C/O.[C-]#N.[Y].[Y].[Y].[Y].[Y].[Y].[Y].[Y].[Y]. The summed E-state index contributed by atoms with van der Waals surface area (Å²) in [6, 6.07) is 8.08. The molecule has 0 saturated heterocycles. The van der Waals surface area contributed by atoms with Gasteiger partial charge in [-0.3, -0.25) is 4.68 Å². The molecule has 3 aromatic rings. The summed E-state index contributed by atoms with van der Waals surface area (Å²) in [4.78, 5) is 8.16. The van der Waals surface area contributed by atoms with E-state index in [1.165, 1.54) is 18.0 Å². The molecule has 3 N–H and O–H groups in total. The molecule has 0 spiro atoms. The van der Waals surface area contributed by atoms with E-state index in [0.29, 0.717) is 23.6 Å². The summed E-state index contributed by atoms with van der Waals surface area (Å²) in [5.74, 6) is 0.314. The molecule has 0 saturated carbocycles. The molecule has 2 aromatic heterocycles. The van der Waals surface area contributed by atoms with Gasteiger partial charge in [0.2, 0.25) is 0 Å². The van der Waals surface area contributed by atoms with E-state index < -0.39 is 0 Å². The van der Waals surface area contributed by atoms with Gasteiger partial charge in [0.25, 0.3) is 0 Å². The van der Waals surface area contributed by atoms with E-state index in [-0.39, 0.29) is 294 Å². The smallest absolute Gasteiger partial charge is 0.134 e. The minimum absolute atomic E-state index is 0. The third kappa shape index (κ3) is 20.3. The molecule has 0 fully saturated rings. The van der Waals surface area contributed by atoms with E-state index in [9.17, 15) is 0 Å². The standard InChI is InChI=1S/C15H14N5O.CN.9Y/c16-15-13(5-6-21)14(17-10-18-15)12-7-19-20(9-12)8-11-3-1-2-4-11;1-2;;;;;;;;;/h1-7,9-10,21H,8H2,(H2,16,17,18);;;;;;;;;;/q2*-1;;;;;;;;;/b6-5+;;;;;;;;;;. The molecule has 0 unspecified atom stereocenters. The topological polar surface area (TPSA) is 114 Å². The van der Waals surface area contributed by atoms with Crippen LogP contribution in [0.4, 0.5) is 5.82 Å². The van der Waals surface area contributed by atoms with Crippen molar-refractivity contribution in [2.24, 2.45) is 0 Å². The van der Waals surface area contributed by atoms with Crippen LogP contribution < -0.4 is 5.73 Å². The number of rotatable bonds is 4. The molecule has 0 aliphatic rings. The van der Waals surface area contributed by atoms with Crippen LogP contribution in [0.15, 0.2) is 49.2 Å². The molecule has 0 amide bonds. The number of anilines is 1. The molecule has 0 bridgehead atoms. The number of nitrogen functional groups attached to an aromatic ring is 1. The van der Waals surface area contributed by atoms with Crippen LogP contribution in [0.2, 0.25) is 0 Å². The maximum atomic E-state index is 8.98. The third-order valence-corrected chi connectivity index (χ3v) is 3.14. The quantitative estimate of drug-likeness (QED) is 0.307. The summed E-state index contributed by atoms with van der Waals surface area (Å²) >= 11 is 0. The fourth-order valence-corrected chi connectivity index (χ4v) is 2.16.